The normalized spacial score (nSPS) is 15.4. The molecule has 6 aromatic rings. The molecule has 2 N–H and O–H groups in total. The van der Waals surface area contributed by atoms with Gasteiger partial charge in [-0.1, -0.05) is 93.6 Å². The first-order chi connectivity index (χ1) is 30.5. The number of ether oxygens (including phenoxy) is 2. The quantitative estimate of drug-likeness (QED) is 0.121. The number of nitrogens with zero attached hydrogens (tertiary/aromatic N) is 2. The van der Waals surface area contributed by atoms with E-state index in [-0.39, 0.29) is 29.4 Å². The van der Waals surface area contributed by atoms with Gasteiger partial charge in [0.2, 0.25) is 0 Å². The highest BCUT2D eigenvalue weighted by Crippen LogP contribution is 2.29. The molecule has 2 saturated heterocycles. The van der Waals surface area contributed by atoms with E-state index in [1.165, 1.54) is 5.56 Å². The number of carbonyl (C=O) groups excluding carboxylic acids is 2. The molecule has 0 aliphatic carbocycles. The van der Waals surface area contributed by atoms with Crippen molar-refractivity contribution in [2.24, 2.45) is 0 Å². The second-order valence-corrected chi connectivity index (χ2v) is 18.2. The smallest absolute Gasteiger partial charge is 0.255 e. The van der Waals surface area contributed by atoms with Gasteiger partial charge in [-0.3, -0.25) is 9.59 Å². The lowest BCUT2D eigenvalue weighted by atomic mass is 9.87. The zero-order valence-corrected chi connectivity index (χ0v) is 37.1. The molecule has 0 spiro atoms. The van der Waals surface area contributed by atoms with E-state index in [2.05, 4.69) is 90.7 Å². The van der Waals surface area contributed by atoms with Crippen LogP contribution >= 0.6 is 0 Å². The van der Waals surface area contributed by atoms with Gasteiger partial charge in [0.05, 0.1) is 0 Å². The third-order valence-electron chi connectivity index (χ3n) is 12.3. The van der Waals surface area contributed by atoms with Crippen molar-refractivity contribution in [2.75, 3.05) is 50.4 Å². The average Bonchev–Trinajstić information content (AvgIpc) is 3.30. The lowest BCUT2D eigenvalue weighted by Gasteiger charge is -2.32. The highest BCUT2D eigenvalue weighted by atomic mass is 16.5. The highest BCUT2D eigenvalue weighted by Gasteiger charge is 2.22. The fourth-order valence-corrected chi connectivity index (χ4v) is 8.43. The topological polar surface area (TPSA) is 83.1 Å². The van der Waals surface area contributed by atoms with E-state index in [1.807, 2.05) is 103 Å². The van der Waals surface area contributed by atoms with E-state index in [9.17, 15) is 9.59 Å². The van der Waals surface area contributed by atoms with Gasteiger partial charge in [-0.05, 0) is 151 Å². The van der Waals surface area contributed by atoms with E-state index < -0.39 is 0 Å². The Morgan fingerprint density at radius 2 is 1.05 bits per heavy atom. The molecule has 63 heavy (non-hydrogen) atoms. The SMILES string of the molecule is CN1CCC(Oc2ccc(-c3cccc(NC(=O)c4cccc(CCN5CCC(Oc6ccc(-c7cccc(NC(=O)c8ccc(C(C)(C)C)cc8)c7)cc6)CC5)c4)c3)cc2)CC1. The molecule has 2 fully saturated rings. The lowest BCUT2D eigenvalue weighted by Crippen LogP contribution is -2.39. The fourth-order valence-electron chi connectivity index (χ4n) is 8.43. The summed E-state index contributed by atoms with van der Waals surface area (Å²) in [7, 11) is 2.16. The van der Waals surface area contributed by atoms with Crippen LogP contribution in [-0.4, -0.2) is 73.6 Å². The predicted octanol–water partition coefficient (Wildman–Crippen LogP) is 11.4. The molecular formula is C55H60N4O4. The fraction of sp³-hybridized carbons (Fsp3) is 0.309. The van der Waals surface area contributed by atoms with Gasteiger partial charge in [-0.15, -0.1) is 0 Å². The molecule has 0 aromatic heterocycles. The van der Waals surface area contributed by atoms with E-state index in [0.717, 1.165) is 116 Å². The largest absolute Gasteiger partial charge is 0.490 e. The Labute approximate surface area is 373 Å². The second-order valence-electron chi connectivity index (χ2n) is 18.2. The van der Waals surface area contributed by atoms with Crippen LogP contribution in [0.25, 0.3) is 22.3 Å². The summed E-state index contributed by atoms with van der Waals surface area (Å²) in [5.41, 5.74) is 9.40. The average molecular weight is 841 g/mol. The summed E-state index contributed by atoms with van der Waals surface area (Å²) in [4.78, 5) is 31.2. The van der Waals surface area contributed by atoms with Crippen molar-refractivity contribution in [3.05, 3.63) is 168 Å². The molecule has 0 bridgehead atoms. The van der Waals surface area contributed by atoms with Gasteiger partial charge in [0, 0.05) is 55.2 Å². The minimum atomic E-state index is -0.123. The Hall–Kier alpha value is -6.22. The summed E-state index contributed by atoms with van der Waals surface area (Å²) in [6.45, 7) is 11.5. The molecule has 8 heteroatoms. The summed E-state index contributed by atoms with van der Waals surface area (Å²) in [6, 6.07) is 48.2. The van der Waals surface area contributed by atoms with Gasteiger partial charge in [0.25, 0.3) is 11.8 Å². The summed E-state index contributed by atoms with van der Waals surface area (Å²) in [5.74, 6) is 1.53. The number of nitrogens with one attached hydrogen (secondary N) is 2. The van der Waals surface area contributed by atoms with Crippen LogP contribution in [0.15, 0.2) is 146 Å². The van der Waals surface area contributed by atoms with Gasteiger partial charge >= 0.3 is 0 Å². The van der Waals surface area contributed by atoms with Gasteiger partial charge in [-0.2, -0.15) is 0 Å². The lowest BCUT2D eigenvalue weighted by molar-refractivity contribution is 0.101. The molecule has 2 aliphatic heterocycles. The number of hydrogen-bond acceptors (Lipinski definition) is 6. The van der Waals surface area contributed by atoms with Crippen molar-refractivity contribution in [1.82, 2.24) is 9.80 Å². The van der Waals surface area contributed by atoms with Crippen LogP contribution in [0.3, 0.4) is 0 Å². The number of rotatable bonds is 13. The summed E-state index contributed by atoms with van der Waals surface area (Å²) in [5, 5.41) is 6.18. The van der Waals surface area contributed by atoms with Gasteiger partial charge < -0.3 is 29.9 Å². The minimum absolute atomic E-state index is 0.0369. The number of likely N-dealkylation sites (tertiary alicyclic amines) is 2. The van der Waals surface area contributed by atoms with Gasteiger partial charge in [0.1, 0.15) is 23.7 Å². The monoisotopic (exact) mass is 840 g/mol. The molecular weight excluding hydrogens is 781 g/mol. The van der Waals surface area contributed by atoms with Crippen LogP contribution in [-0.2, 0) is 11.8 Å². The Morgan fingerprint density at radius 3 is 1.57 bits per heavy atom. The predicted molar refractivity (Wildman–Crippen MR) is 256 cm³/mol. The zero-order chi connectivity index (χ0) is 43.8. The van der Waals surface area contributed by atoms with Gasteiger partial charge in [-0.25, -0.2) is 0 Å². The number of carbonyl (C=O) groups is 2. The maximum absolute atomic E-state index is 13.4. The molecule has 8 rings (SSSR count). The van der Waals surface area contributed by atoms with Crippen molar-refractivity contribution < 1.29 is 19.1 Å². The third-order valence-corrected chi connectivity index (χ3v) is 12.3. The molecule has 2 amide bonds. The second kappa shape index (κ2) is 19.9. The number of hydrogen-bond donors (Lipinski definition) is 2. The highest BCUT2D eigenvalue weighted by molar-refractivity contribution is 6.05. The number of amides is 2. The summed E-state index contributed by atoms with van der Waals surface area (Å²) in [6.07, 6.45) is 5.32. The zero-order valence-electron chi connectivity index (χ0n) is 37.1. The number of anilines is 2. The van der Waals surface area contributed by atoms with Crippen LogP contribution in [0.1, 0.15) is 78.3 Å². The molecule has 0 unspecified atom stereocenters. The van der Waals surface area contributed by atoms with E-state index >= 15 is 0 Å². The van der Waals surface area contributed by atoms with E-state index in [4.69, 9.17) is 9.47 Å². The van der Waals surface area contributed by atoms with Crippen molar-refractivity contribution in [3.8, 4) is 33.8 Å². The first kappa shape index (κ1) is 43.4. The maximum Gasteiger partial charge on any atom is 0.255 e. The van der Waals surface area contributed by atoms with E-state index in [1.54, 1.807) is 0 Å². The molecule has 0 radical (unpaired) electrons. The standard InChI is InChI=1S/C55H60N4O4/c1-55(2,3)46-20-14-42(15-21-46)53(60)56-47-12-6-9-43(37-47)40-18-24-50(25-19-40)63-52-29-34-59(35-30-52)33-26-39-8-5-11-45(36-39)54(61)57-48-13-7-10-44(38-48)41-16-22-49(23-17-41)62-51-27-31-58(4)32-28-51/h5-25,36-38,51-52H,26-35H2,1-4H3,(H,56,60)(H,57,61). The Bertz CT molecular complexity index is 2460. The van der Waals surface area contributed by atoms with Crippen LogP contribution in [0.2, 0.25) is 0 Å². The molecule has 324 valence electrons. The Kier molecular flexibility index (Phi) is 13.7. The third kappa shape index (κ3) is 11.8. The molecule has 8 nitrogen and oxygen atoms in total. The number of piperidine rings is 2. The molecule has 0 saturated carbocycles. The Morgan fingerprint density at radius 1 is 0.556 bits per heavy atom. The molecule has 0 atom stereocenters. The molecule has 2 aliphatic rings. The Balaban J connectivity index is 0.773. The molecule has 6 aromatic carbocycles. The van der Waals surface area contributed by atoms with Crippen LogP contribution in [0.5, 0.6) is 11.5 Å². The van der Waals surface area contributed by atoms with Crippen molar-refractivity contribution in [1.29, 1.82) is 0 Å². The van der Waals surface area contributed by atoms with Crippen molar-refractivity contribution in [2.45, 2.75) is 70.5 Å². The maximum atomic E-state index is 13.4. The van der Waals surface area contributed by atoms with Crippen LogP contribution in [0, 0.1) is 0 Å². The van der Waals surface area contributed by atoms with Crippen molar-refractivity contribution in [3.63, 3.8) is 0 Å². The first-order valence-corrected chi connectivity index (χ1v) is 22.5. The molecule has 2 heterocycles. The van der Waals surface area contributed by atoms with Crippen LogP contribution < -0.4 is 20.1 Å². The summed E-state index contributed by atoms with van der Waals surface area (Å²) >= 11 is 0. The van der Waals surface area contributed by atoms with Crippen molar-refractivity contribution >= 4 is 23.2 Å². The number of benzene rings is 6. The van der Waals surface area contributed by atoms with Crippen LogP contribution in [0.4, 0.5) is 11.4 Å². The van der Waals surface area contributed by atoms with E-state index in [0.29, 0.717) is 11.1 Å². The first-order valence-electron chi connectivity index (χ1n) is 22.5. The van der Waals surface area contributed by atoms with Gasteiger partial charge in [0.15, 0.2) is 0 Å². The minimum Gasteiger partial charge on any atom is -0.490 e. The summed E-state index contributed by atoms with van der Waals surface area (Å²) < 4.78 is 12.7.